The van der Waals surface area contributed by atoms with Crippen LogP contribution in [0.25, 0.3) is 0 Å². The number of anilines is 1. The fourth-order valence-corrected chi connectivity index (χ4v) is 7.26. The van der Waals surface area contributed by atoms with Crippen LogP contribution in [-0.2, 0) is 5.41 Å². The molecule has 0 radical (unpaired) electrons. The van der Waals surface area contributed by atoms with Crippen LogP contribution in [0.3, 0.4) is 0 Å². The molecule has 4 bridgehead atoms. The summed E-state index contributed by atoms with van der Waals surface area (Å²) in [5.74, 6) is 1.59. The molecule has 6 rings (SSSR count). The Bertz CT molecular complexity index is 1110. The smallest absolute Gasteiger partial charge is 0.271 e. The number of benzene rings is 2. The van der Waals surface area contributed by atoms with Gasteiger partial charge in [-0.2, -0.15) is 0 Å². The Kier molecular flexibility index (Phi) is 5.08. The van der Waals surface area contributed by atoms with Crippen LogP contribution in [0, 0.1) is 41.7 Å². The molecule has 0 atom stereocenters. The first-order chi connectivity index (χ1) is 15.1. The highest BCUT2D eigenvalue weighted by atomic mass is 79.9. The van der Waals surface area contributed by atoms with Crippen LogP contribution in [0.2, 0.25) is 0 Å². The van der Waals surface area contributed by atoms with Crippen molar-refractivity contribution in [3.05, 3.63) is 61.1 Å². The normalized spacial score (nSPS) is 28.0. The predicted octanol–water partition coefficient (Wildman–Crippen LogP) is 6.40. The number of carbonyl (C=O) groups is 1. The summed E-state index contributed by atoms with van der Waals surface area (Å²) in [6.45, 7) is 4.04. The number of nitro groups is 1. The lowest BCUT2D eigenvalue weighted by Crippen LogP contribution is -2.48. The second-order valence-corrected chi connectivity index (χ2v) is 11.1. The maximum atomic E-state index is 13.1. The van der Waals surface area contributed by atoms with Crippen molar-refractivity contribution in [2.45, 2.75) is 57.8 Å². The molecule has 4 aliphatic carbocycles. The molecule has 32 heavy (non-hydrogen) atoms. The maximum Gasteiger partial charge on any atom is 0.271 e. The third-order valence-corrected chi connectivity index (χ3v) is 8.67. The molecule has 0 aromatic heterocycles. The number of hydrogen-bond donors (Lipinski definition) is 2. The van der Waals surface area contributed by atoms with Crippen LogP contribution < -0.4 is 5.32 Å². The highest BCUT2D eigenvalue weighted by molar-refractivity contribution is 9.10. The van der Waals surface area contributed by atoms with Crippen molar-refractivity contribution < 1.29 is 14.8 Å². The van der Waals surface area contributed by atoms with Crippen molar-refractivity contribution in [3.8, 4) is 5.75 Å². The zero-order valence-electron chi connectivity index (χ0n) is 18.3. The van der Waals surface area contributed by atoms with Crippen LogP contribution in [0.1, 0.15) is 65.6 Å². The minimum atomic E-state index is -0.579. The molecule has 0 spiro atoms. The molecule has 0 heterocycles. The average molecular weight is 499 g/mol. The Balaban J connectivity index is 1.50. The van der Waals surface area contributed by atoms with E-state index >= 15 is 0 Å². The van der Waals surface area contributed by atoms with Gasteiger partial charge in [-0.05, 0) is 114 Å². The first-order valence-electron chi connectivity index (χ1n) is 11.2. The van der Waals surface area contributed by atoms with Gasteiger partial charge in [0.15, 0.2) is 0 Å². The molecule has 0 unspecified atom stereocenters. The molecule has 0 aliphatic heterocycles. The number of nitro benzene ring substituents is 1. The monoisotopic (exact) mass is 498 g/mol. The van der Waals surface area contributed by atoms with E-state index in [9.17, 15) is 20.0 Å². The van der Waals surface area contributed by atoms with Gasteiger partial charge in [-0.15, -0.1) is 0 Å². The van der Waals surface area contributed by atoms with E-state index < -0.39 is 10.8 Å². The topological polar surface area (TPSA) is 92.5 Å². The summed E-state index contributed by atoms with van der Waals surface area (Å²) in [4.78, 5) is 23.7. The van der Waals surface area contributed by atoms with Crippen molar-refractivity contribution in [3.63, 3.8) is 0 Å². The standard InChI is InChI=1S/C25H27BrN2O4/c1-13-3-18(25-10-15-4-16(11-25)6-17(5-15)12-25)7-22(14(13)2)27-24(30)20-8-19(28(31)32)9-21(26)23(20)29/h3,7-9,15-17,29H,4-6,10-12H2,1-2H3,(H,27,30). The van der Waals surface area contributed by atoms with Gasteiger partial charge in [0.05, 0.1) is 15.0 Å². The Hall–Kier alpha value is -2.41. The van der Waals surface area contributed by atoms with E-state index in [2.05, 4.69) is 40.3 Å². The van der Waals surface area contributed by atoms with E-state index in [1.807, 2.05) is 6.92 Å². The highest BCUT2D eigenvalue weighted by Crippen LogP contribution is 2.61. The summed E-state index contributed by atoms with van der Waals surface area (Å²) in [5.41, 5.74) is 3.93. The summed E-state index contributed by atoms with van der Waals surface area (Å²) in [7, 11) is 0. The van der Waals surface area contributed by atoms with Crippen molar-refractivity contribution in [1.29, 1.82) is 0 Å². The lowest BCUT2D eigenvalue weighted by molar-refractivity contribution is -0.385. The first kappa shape index (κ1) is 21.4. The molecule has 4 aliphatic rings. The van der Waals surface area contributed by atoms with E-state index in [0.717, 1.165) is 34.9 Å². The number of halogens is 1. The number of hydrogen-bond acceptors (Lipinski definition) is 4. The number of phenols is 1. The van der Waals surface area contributed by atoms with Crippen LogP contribution in [0.5, 0.6) is 5.75 Å². The number of phenolic OH excluding ortho intramolecular Hbond substituents is 1. The van der Waals surface area contributed by atoms with E-state index in [4.69, 9.17) is 0 Å². The molecule has 2 N–H and O–H groups in total. The van der Waals surface area contributed by atoms with Gasteiger partial charge in [-0.3, -0.25) is 14.9 Å². The molecular formula is C25H27BrN2O4. The molecule has 1 amide bonds. The minimum absolute atomic E-state index is 0.118. The quantitative estimate of drug-likeness (QED) is 0.376. The maximum absolute atomic E-state index is 13.1. The molecule has 2 aromatic rings. The Morgan fingerprint density at radius 2 is 1.69 bits per heavy atom. The van der Waals surface area contributed by atoms with E-state index in [1.54, 1.807) is 0 Å². The van der Waals surface area contributed by atoms with E-state index in [-0.39, 0.29) is 26.9 Å². The summed E-state index contributed by atoms with van der Waals surface area (Å²) >= 11 is 3.11. The van der Waals surface area contributed by atoms with Gasteiger partial charge in [0.1, 0.15) is 5.75 Å². The third-order valence-electron chi connectivity index (χ3n) is 8.07. The SMILES string of the molecule is Cc1cc(C23CC4CC(CC(C4)C2)C3)cc(NC(=O)c2cc([N+](=O)[O-])cc(Br)c2O)c1C. The predicted molar refractivity (Wildman–Crippen MR) is 126 cm³/mol. The Morgan fingerprint density at radius 1 is 1.09 bits per heavy atom. The molecule has 168 valence electrons. The van der Waals surface area contributed by atoms with E-state index in [0.29, 0.717) is 5.69 Å². The molecular weight excluding hydrogens is 472 g/mol. The fraction of sp³-hybridized carbons (Fsp3) is 0.480. The van der Waals surface area contributed by atoms with Crippen LogP contribution in [0.4, 0.5) is 11.4 Å². The largest absolute Gasteiger partial charge is 0.506 e. The zero-order chi connectivity index (χ0) is 22.8. The number of non-ortho nitro benzene ring substituents is 1. The summed E-state index contributed by atoms with van der Waals surface area (Å²) < 4.78 is 0.118. The molecule has 7 heteroatoms. The van der Waals surface area contributed by atoms with Crippen molar-refractivity contribution >= 4 is 33.2 Å². The molecule has 4 saturated carbocycles. The number of nitrogens with zero attached hydrogens (tertiary/aromatic N) is 1. The molecule has 4 fully saturated rings. The lowest BCUT2D eigenvalue weighted by atomic mass is 9.48. The minimum Gasteiger partial charge on any atom is -0.506 e. The number of amides is 1. The fourth-order valence-electron chi connectivity index (χ4n) is 6.81. The van der Waals surface area contributed by atoms with Crippen molar-refractivity contribution in [1.82, 2.24) is 0 Å². The number of aryl methyl sites for hydroxylation is 1. The van der Waals surface area contributed by atoms with Gasteiger partial charge in [-0.1, -0.05) is 6.07 Å². The number of carbonyl (C=O) groups excluding carboxylic acids is 1. The van der Waals surface area contributed by atoms with Crippen LogP contribution in [0.15, 0.2) is 28.7 Å². The van der Waals surface area contributed by atoms with Gasteiger partial charge >= 0.3 is 0 Å². The average Bonchev–Trinajstić information content (AvgIpc) is 2.71. The molecule has 6 nitrogen and oxygen atoms in total. The van der Waals surface area contributed by atoms with Crippen molar-refractivity contribution in [2.75, 3.05) is 5.32 Å². The highest BCUT2D eigenvalue weighted by Gasteiger charge is 2.51. The molecule has 2 aromatic carbocycles. The number of rotatable bonds is 4. The summed E-state index contributed by atoms with van der Waals surface area (Å²) in [5, 5.41) is 24.5. The third kappa shape index (κ3) is 3.51. The lowest BCUT2D eigenvalue weighted by Gasteiger charge is -2.57. The van der Waals surface area contributed by atoms with Gasteiger partial charge in [0.2, 0.25) is 0 Å². The van der Waals surface area contributed by atoms with Gasteiger partial charge < -0.3 is 10.4 Å². The van der Waals surface area contributed by atoms with Crippen LogP contribution >= 0.6 is 15.9 Å². The molecule has 0 saturated heterocycles. The number of aromatic hydroxyl groups is 1. The zero-order valence-corrected chi connectivity index (χ0v) is 19.9. The van der Waals surface area contributed by atoms with E-state index in [1.165, 1.54) is 50.2 Å². The van der Waals surface area contributed by atoms with Crippen LogP contribution in [-0.4, -0.2) is 15.9 Å². The second-order valence-electron chi connectivity index (χ2n) is 10.2. The van der Waals surface area contributed by atoms with Gasteiger partial charge in [-0.25, -0.2) is 0 Å². The number of nitrogens with one attached hydrogen (secondary N) is 1. The Morgan fingerprint density at radius 3 is 2.25 bits per heavy atom. The summed E-state index contributed by atoms with van der Waals surface area (Å²) in [6, 6.07) is 6.70. The Labute approximate surface area is 195 Å². The van der Waals surface area contributed by atoms with Gasteiger partial charge in [0.25, 0.3) is 11.6 Å². The van der Waals surface area contributed by atoms with Gasteiger partial charge in [0, 0.05) is 17.8 Å². The second kappa shape index (κ2) is 7.58. The summed E-state index contributed by atoms with van der Waals surface area (Å²) in [6.07, 6.45) is 7.80. The van der Waals surface area contributed by atoms with Crippen molar-refractivity contribution in [2.24, 2.45) is 17.8 Å². The first-order valence-corrected chi connectivity index (χ1v) is 12.0.